The molecule has 2 heterocycles. The number of para-hydroxylation sites is 3. The minimum atomic E-state index is 0.877. The summed E-state index contributed by atoms with van der Waals surface area (Å²) in [6.07, 6.45) is 0. The van der Waals surface area contributed by atoms with Crippen LogP contribution in [0.3, 0.4) is 0 Å². The van der Waals surface area contributed by atoms with Gasteiger partial charge in [-0.05, 0) is 52.7 Å². The van der Waals surface area contributed by atoms with Gasteiger partial charge in [-0.3, -0.25) is 0 Å². The molecule has 0 aliphatic carbocycles. The van der Waals surface area contributed by atoms with Crippen LogP contribution in [0.15, 0.2) is 168 Å². The number of fused-ring (bicyclic) bond motifs is 9. The lowest BCUT2D eigenvalue weighted by Crippen LogP contribution is -2.12. The van der Waals surface area contributed by atoms with Gasteiger partial charge in [-0.25, -0.2) is 0 Å². The second-order valence-electron chi connectivity index (χ2n) is 12.1. The number of furan rings is 1. The third-order valence-corrected chi connectivity index (χ3v) is 10.6. The molecule has 0 aliphatic rings. The molecule has 0 aliphatic heterocycles. The highest BCUT2D eigenvalue weighted by molar-refractivity contribution is 7.26. The van der Waals surface area contributed by atoms with Gasteiger partial charge in [0, 0.05) is 47.3 Å². The minimum Gasteiger partial charge on any atom is -0.454 e. The van der Waals surface area contributed by atoms with E-state index in [1.807, 2.05) is 17.4 Å². The van der Waals surface area contributed by atoms with E-state index in [-0.39, 0.29) is 0 Å². The zero-order chi connectivity index (χ0) is 30.9. The van der Waals surface area contributed by atoms with E-state index in [0.717, 1.165) is 44.6 Å². The molecule has 0 amide bonds. The maximum Gasteiger partial charge on any atom is 0.159 e. The number of anilines is 3. The van der Waals surface area contributed by atoms with Crippen molar-refractivity contribution >= 4 is 92.1 Å². The van der Waals surface area contributed by atoms with Crippen LogP contribution in [-0.2, 0) is 0 Å². The summed E-state index contributed by atoms with van der Waals surface area (Å²) in [5.74, 6) is 0. The van der Waals surface area contributed by atoms with Gasteiger partial charge in [-0.1, -0.05) is 127 Å². The Bertz CT molecular complexity index is 2810. The van der Waals surface area contributed by atoms with Crippen molar-refractivity contribution in [3.05, 3.63) is 164 Å². The van der Waals surface area contributed by atoms with Crippen LogP contribution in [0.4, 0.5) is 17.1 Å². The molecule has 2 aromatic heterocycles. The molecular formula is C44H27NOS. The average molecular weight is 618 g/mol. The molecule has 0 fully saturated rings. The smallest absolute Gasteiger partial charge is 0.159 e. The van der Waals surface area contributed by atoms with E-state index in [1.54, 1.807) is 0 Å². The van der Waals surface area contributed by atoms with Gasteiger partial charge in [-0.2, -0.15) is 0 Å². The molecule has 0 saturated heterocycles. The van der Waals surface area contributed by atoms with E-state index in [0.29, 0.717) is 0 Å². The van der Waals surface area contributed by atoms with Crippen molar-refractivity contribution in [1.82, 2.24) is 0 Å². The van der Waals surface area contributed by atoms with Crippen LogP contribution in [0.5, 0.6) is 0 Å². The topological polar surface area (TPSA) is 16.4 Å². The summed E-state index contributed by atoms with van der Waals surface area (Å²) < 4.78 is 9.33. The monoisotopic (exact) mass is 617 g/mol. The molecule has 47 heavy (non-hydrogen) atoms. The highest BCUT2D eigenvalue weighted by Crippen LogP contribution is 2.50. The molecule has 10 rings (SSSR count). The zero-order valence-corrected chi connectivity index (χ0v) is 26.2. The maximum atomic E-state index is 6.72. The summed E-state index contributed by atoms with van der Waals surface area (Å²) in [6, 6.07) is 58.9. The number of rotatable bonds is 4. The van der Waals surface area contributed by atoms with E-state index in [9.17, 15) is 0 Å². The molecule has 0 atom stereocenters. The van der Waals surface area contributed by atoms with Gasteiger partial charge >= 0.3 is 0 Å². The van der Waals surface area contributed by atoms with E-state index < -0.39 is 0 Å². The number of nitrogens with zero attached hydrogens (tertiary/aromatic N) is 1. The Balaban J connectivity index is 1.36. The third-order valence-electron chi connectivity index (χ3n) is 9.42. The fraction of sp³-hybridized carbons (Fsp3) is 0. The molecule has 2 nitrogen and oxygen atoms in total. The lowest BCUT2D eigenvalue weighted by molar-refractivity contribution is 0.669. The Hall–Kier alpha value is -5.90. The predicted molar refractivity (Wildman–Crippen MR) is 202 cm³/mol. The van der Waals surface area contributed by atoms with E-state index in [2.05, 4.69) is 163 Å². The predicted octanol–water partition coefficient (Wildman–Crippen LogP) is 13.4. The molecule has 0 saturated carbocycles. The van der Waals surface area contributed by atoms with Gasteiger partial charge in [0.15, 0.2) is 5.58 Å². The summed E-state index contributed by atoms with van der Waals surface area (Å²) in [6.45, 7) is 0. The van der Waals surface area contributed by atoms with Crippen LogP contribution in [0.25, 0.3) is 74.8 Å². The summed E-state index contributed by atoms with van der Waals surface area (Å²) in [5.41, 5.74) is 7.33. The largest absolute Gasteiger partial charge is 0.454 e. The number of hydrogen-bond acceptors (Lipinski definition) is 3. The quantitative estimate of drug-likeness (QED) is 0.195. The molecule has 220 valence electrons. The number of thiophene rings is 1. The summed E-state index contributed by atoms with van der Waals surface area (Å²) in [4.78, 5) is 2.43. The van der Waals surface area contributed by atoms with E-state index in [4.69, 9.17) is 4.42 Å². The first-order valence-electron chi connectivity index (χ1n) is 15.9. The van der Waals surface area contributed by atoms with Gasteiger partial charge < -0.3 is 9.32 Å². The zero-order valence-electron chi connectivity index (χ0n) is 25.4. The first kappa shape index (κ1) is 26.3. The summed E-state index contributed by atoms with van der Waals surface area (Å²) in [5, 5.41) is 9.77. The van der Waals surface area contributed by atoms with Crippen LogP contribution in [-0.4, -0.2) is 0 Å². The van der Waals surface area contributed by atoms with Crippen LogP contribution in [0.2, 0.25) is 0 Å². The second kappa shape index (κ2) is 10.3. The Labute approximate surface area is 275 Å². The Kier molecular flexibility index (Phi) is 5.78. The van der Waals surface area contributed by atoms with E-state index in [1.165, 1.54) is 47.3 Å². The van der Waals surface area contributed by atoms with E-state index >= 15 is 0 Å². The Morgan fingerprint density at radius 2 is 1.09 bits per heavy atom. The molecule has 0 spiro atoms. The van der Waals surface area contributed by atoms with Gasteiger partial charge in [0.1, 0.15) is 5.58 Å². The number of hydrogen-bond donors (Lipinski definition) is 0. The Morgan fingerprint density at radius 3 is 1.96 bits per heavy atom. The Morgan fingerprint density at radius 1 is 0.426 bits per heavy atom. The van der Waals surface area contributed by atoms with Gasteiger partial charge in [-0.15, -0.1) is 11.3 Å². The van der Waals surface area contributed by atoms with Crippen LogP contribution in [0.1, 0.15) is 0 Å². The SMILES string of the molecule is c1ccc(-c2ccccc2N(c2cc3c4cc5ccccc5cc4sc3c3ccccc23)c2cccc3c2oc2ccccc23)cc1. The standard InChI is InChI=1S/C44H27NOS/c1-2-13-28(14-3-1)31-17-8-10-22-38(31)45(39-23-12-21-34-33-19-9-11-24-41(33)46-43(34)39)40-27-37-36-25-29-15-4-5-16-30(29)26-42(36)47-44(37)35-20-7-6-18-32(35)40/h1-27H. The molecular weight excluding hydrogens is 591 g/mol. The lowest BCUT2D eigenvalue weighted by atomic mass is 9.98. The third kappa shape index (κ3) is 4.04. The second-order valence-corrected chi connectivity index (χ2v) is 13.1. The minimum absolute atomic E-state index is 0.877. The van der Waals surface area contributed by atoms with Crippen molar-refractivity contribution in [2.75, 3.05) is 4.90 Å². The number of benzene rings is 8. The first-order valence-corrected chi connectivity index (χ1v) is 16.7. The van der Waals surface area contributed by atoms with Gasteiger partial charge in [0.25, 0.3) is 0 Å². The van der Waals surface area contributed by atoms with Crippen molar-refractivity contribution in [3.8, 4) is 11.1 Å². The van der Waals surface area contributed by atoms with Crippen LogP contribution < -0.4 is 4.90 Å². The fourth-order valence-corrected chi connectivity index (χ4v) is 8.53. The van der Waals surface area contributed by atoms with Crippen molar-refractivity contribution < 1.29 is 4.42 Å². The first-order chi connectivity index (χ1) is 23.3. The lowest BCUT2D eigenvalue weighted by Gasteiger charge is -2.29. The highest BCUT2D eigenvalue weighted by Gasteiger charge is 2.25. The van der Waals surface area contributed by atoms with Crippen molar-refractivity contribution in [2.45, 2.75) is 0 Å². The molecule has 3 heteroatoms. The van der Waals surface area contributed by atoms with Crippen molar-refractivity contribution in [2.24, 2.45) is 0 Å². The highest BCUT2D eigenvalue weighted by atomic mass is 32.1. The molecule has 0 radical (unpaired) electrons. The maximum absolute atomic E-state index is 6.72. The molecule has 0 bridgehead atoms. The molecule has 10 aromatic rings. The van der Waals surface area contributed by atoms with Gasteiger partial charge in [0.05, 0.1) is 17.1 Å². The van der Waals surface area contributed by atoms with Crippen molar-refractivity contribution in [3.63, 3.8) is 0 Å². The van der Waals surface area contributed by atoms with Crippen LogP contribution >= 0.6 is 11.3 Å². The fourth-order valence-electron chi connectivity index (χ4n) is 7.28. The molecule has 0 N–H and O–H groups in total. The van der Waals surface area contributed by atoms with Crippen LogP contribution in [0, 0.1) is 0 Å². The van der Waals surface area contributed by atoms with Crippen molar-refractivity contribution in [1.29, 1.82) is 0 Å². The van der Waals surface area contributed by atoms with Gasteiger partial charge in [0.2, 0.25) is 0 Å². The molecule has 0 unspecified atom stereocenters. The average Bonchev–Trinajstić information content (AvgIpc) is 3.70. The molecule has 8 aromatic carbocycles. The summed E-state index contributed by atoms with van der Waals surface area (Å²) in [7, 11) is 0. The normalized spacial score (nSPS) is 11.8. The summed E-state index contributed by atoms with van der Waals surface area (Å²) >= 11 is 1.89.